The summed E-state index contributed by atoms with van der Waals surface area (Å²) in [5.41, 5.74) is 1.70. The number of benzene rings is 1. The molecule has 0 radical (unpaired) electrons. The van der Waals surface area contributed by atoms with Crippen LogP contribution in [0, 0.1) is 0 Å². The van der Waals surface area contributed by atoms with Gasteiger partial charge in [-0.05, 0) is 19.1 Å². The van der Waals surface area contributed by atoms with Crippen LogP contribution in [-0.2, 0) is 11.8 Å². The number of halogens is 2. The molecule has 0 unspecified atom stereocenters. The Bertz CT molecular complexity index is 671. The Morgan fingerprint density at radius 2 is 2.06 bits per heavy atom. The van der Waals surface area contributed by atoms with E-state index in [4.69, 9.17) is 28.3 Å². The Morgan fingerprint density at radius 1 is 1.39 bits per heavy atom. The highest BCUT2D eigenvalue weighted by Crippen LogP contribution is 2.34. The fraction of sp³-hybridized carbons (Fsp3) is 0.154. The number of carboxylic acid groups (broad SMARTS) is 1. The van der Waals surface area contributed by atoms with Crippen molar-refractivity contribution >= 4 is 46.2 Å². The number of carbonyl (C=O) groups is 1. The van der Waals surface area contributed by atoms with Crippen LogP contribution in [0.2, 0.25) is 10.2 Å². The molecule has 1 aromatic carbocycles. The third-order valence-electron chi connectivity index (χ3n) is 2.83. The van der Waals surface area contributed by atoms with Gasteiger partial charge in [-0.3, -0.25) is 0 Å². The molecule has 0 saturated heterocycles. The van der Waals surface area contributed by atoms with Gasteiger partial charge in [0, 0.05) is 23.6 Å². The van der Waals surface area contributed by atoms with E-state index in [1.54, 1.807) is 23.8 Å². The maximum absolute atomic E-state index is 10.9. The van der Waals surface area contributed by atoms with Crippen molar-refractivity contribution in [2.75, 3.05) is 0 Å². The lowest BCUT2D eigenvalue weighted by Gasteiger charge is -1.98. The zero-order valence-corrected chi connectivity index (χ0v) is 11.4. The summed E-state index contributed by atoms with van der Waals surface area (Å²) in [6.45, 7) is 1.53. The van der Waals surface area contributed by atoms with E-state index in [1.807, 2.05) is 12.1 Å². The first kappa shape index (κ1) is 13.0. The van der Waals surface area contributed by atoms with Crippen LogP contribution in [0.3, 0.4) is 0 Å². The van der Waals surface area contributed by atoms with Crippen molar-refractivity contribution in [1.29, 1.82) is 0 Å². The zero-order valence-electron chi connectivity index (χ0n) is 9.87. The summed E-state index contributed by atoms with van der Waals surface area (Å²) in [6, 6.07) is 5.46. The maximum Gasteiger partial charge on any atom is 0.331 e. The monoisotopic (exact) mass is 283 g/mol. The lowest BCUT2D eigenvalue weighted by Crippen LogP contribution is -1.95. The highest BCUT2D eigenvalue weighted by atomic mass is 35.5. The Balaban J connectivity index is 2.80. The molecule has 18 heavy (non-hydrogen) atoms. The van der Waals surface area contributed by atoms with Crippen LogP contribution in [0.25, 0.3) is 17.0 Å². The highest BCUT2D eigenvalue weighted by molar-refractivity contribution is 6.38. The Morgan fingerprint density at radius 3 is 2.67 bits per heavy atom. The van der Waals surface area contributed by atoms with Gasteiger partial charge in [0.2, 0.25) is 0 Å². The van der Waals surface area contributed by atoms with Gasteiger partial charge < -0.3 is 9.67 Å². The summed E-state index contributed by atoms with van der Waals surface area (Å²) in [7, 11) is 1.80. The third kappa shape index (κ3) is 2.00. The number of rotatable bonds is 2. The first-order valence-corrected chi connectivity index (χ1v) is 6.03. The van der Waals surface area contributed by atoms with Crippen LogP contribution in [0.4, 0.5) is 0 Å². The molecule has 3 nitrogen and oxygen atoms in total. The lowest BCUT2D eigenvalue weighted by atomic mass is 10.1. The van der Waals surface area contributed by atoms with Gasteiger partial charge in [-0.15, -0.1) is 0 Å². The van der Waals surface area contributed by atoms with Gasteiger partial charge in [0.25, 0.3) is 0 Å². The number of aromatic nitrogens is 1. The number of para-hydroxylation sites is 1. The SMILES string of the molecule is C/C(=C\c1c(Cl)n(C)c2c(Cl)cccc12)C(=O)O. The van der Waals surface area contributed by atoms with E-state index in [0.29, 0.717) is 15.7 Å². The predicted molar refractivity (Wildman–Crippen MR) is 74.2 cm³/mol. The minimum Gasteiger partial charge on any atom is -0.478 e. The van der Waals surface area contributed by atoms with Gasteiger partial charge in [0.1, 0.15) is 5.15 Å². The van der Waals surface area contributed by atoms with Crippen LogP contribution in [-0.4, -0.2) is 15.6 Å². The van der Waals surface area contributed by atoms with Crippen molar-refractivity contribution in [1.82, 2.24) is 4.57 Å². The largest absolute Gasteiger partial charge is 0.478 e. The molecule has 0 aliphatic rings. The minimum absolute atomic E-state index is 0.226. The van der Waals surface area contributed by atoms with E-state index in [0.717, 1.165) is 10.9 Å². The van der Waals surface area contributed by atoms with Crippen LogP contribution in [0.5, 0.6) is 0 Å². The van der Waals surface area contributed by atoms with Crippen molar-refractivity contribution in [3.63, 3.8) is 0 Å². The highest BCUT2D eigenvalue weighted by Gasteiger charge is 2.15. The molecule has 5 heteroatoms. The fourth-order valence-electron chi connectivity index (χ4n) is 1.88. The van der Waals surface area contributed by atoms with Gasteiger partial charge in [-0.25, -0.2) is 4.79 Å². The molecular formula is C13H11Cl2NO2. The summed E-state index contributed by atoms with van der Waals surface area (Å²) in [5.74, 6) is -0.968. The molecule has 0 aliphatic carbocycles. The third-order valence-corrected chi connectivity index (χ3v) is 3.59. The Hall–Kier alpha value is -1.45. The van der Waals surface area contributed by atoms with Gasteiger partial charge in [-0.1, -0.05) is 35.3 Å². The van der Waals surface area contributed by atoms with Crippen LogP contribution in [0.15, 0.2) is 23.8 Å². The number of fused-ring (bicyclic) bond motifs is 1. The molecule has 0 aliphatic heterocycles. The molecule has 1 N–H and O–H groups in total. The maximum atomic E-state index is 10.9. The molecule has 0 bridgehead atoms. The van der Waals surface area contributed by atoms with Crippen LogP contribution in [0.1, 0.15) is 12.5 Å². The quantitative estimate of drug-likeness (QED) is 0.848. The fourth-order valence-corrected chi connectivity index (χ4v) is 2.42. The summed E-state index contributed by atoms with van der Waals surface area (Å²) in [5, 5.41) is 10.8. The van der Waals surface area contributed by atoms with E-state index in [2.05, 4.69) is 0 Å². The molecule has 1 heterocycles. The van der Waals surface area contributed by atoms with Crippen molar-refractivity contribution in [3.05, 3.63) is 39.5 Å². The Kier molecular flexibility index (Phi) is 3.37. The second-order valence-corrected chi connectivity index (χ2v) is 4.80. The van der Waals surface area contributed by atoms with Crippen molar-refractivity contribution in [3.8, 4) is 0 Å². The zero-order chi connectivity index (χ0) is 13.4. The summed E-state index contributed by atoms with van der Waals surface area (Å²) < 4.78 is 1.75. The summed E-state index contributed by atoms with van der Waals surface area (Å²) in [6.07, 6.45) is 1.56. The summed E-state index contributed by atoms with van der Waals surface area (Å²) >= 11 is 12.4. The summed E-state index contributed by atoms with van der Waals surface area (Å²) in [4.78, 5) is 10.9. The molecular weight excluding hydrogens is 273 g/mol. The number of nitrogens with zero attached hydrogens (tertiary/aromatic N) is 1. The van der Waals surface area contributed by atoms with E-state index in [9.17, 15) is 4.79 Å². The van der Waals surface area contributed by atoms with Gasteiger partial charge >= 0.3 is 5.97 Å². The first-order chi connectivity index (χ1) is 8.43. The standard InChI is InChI=1S/C13H11Cl2NO2/c1-7(13(17)18)6-9-8-4-3-5-10(14)11(8)16(2)12(9)15/h3-6H,1-2H3,(H,17,18)/b7-6+. The molecule has 2 aromatic rings. The van der Waals surface area contributed by atoms with Gasteiger partial charge in [0.15, 0.2) is 0 Å². The Labute approximate surface area is 114 Å². The van der Waals surface area contributed by atoms with Gasteiger partial charge in [0.05, 0.1) is 10.5 Å². The molecule has 1 aromatic heterocycles. The number of carboxylic acids is 1. The van der Waals surface area contributed by atoms with E-state index in [-0.39, 0.29) is 5.57 Å². The number of aliphatic carboxylic acids is 1. The average molecular weight is 284 g/mol. The molecule has 94 valence electrons. The molecule has 0 spiro atoms. The van der Waals surface area contributed by atoms with Crippen LogP contribution < -0.4 is 0 Å². The smallest absolute Gasteiger partial charge is 0.331 e. The molecule has 2 rings (SSSR count). The number of hydrogen-bond donors (Lipinski definition) is 1. The molecule has 0 saturated carbocycles. The van der Waals surface area contributed by atoms with Crippen molar-refractivity contribution < 1.29 is 9.90 Å². The normalized spacial score (nSPS) is 12.1. The average Bonchev–Trinajstić information content (AvgIpc) is 2.55. The first-order valence-electron chi connectivity index (χ1n) is 5.27. The molecule has 0 fully saturated rings. The van der Waals surface area contributed by atoms with Crippen molar-refractivity contribution in [2.24, 2.45) is 7.05 Å². The van der Waals surface area contributed by atoms with Gasteiger partial charge in [-0.2, -0.15) is 0 Å². The van der Waals surface area contributed by atoms with Crippen molar-refractivity contribution in [2.45, 2.75) is 6.92 Å². The predicted octanol–water partition coefficient (Wildman–Crippen LogP) is 3.97. The number of hydrogen-bond acceptors (Lipinski definition) is 1. The second-order valence-electron chi connectivity index (χ2n) is 4.03. The van der Waals surface area contributed by atoms with E-state index < -0.39 is 5.97 Å². The second kappa shape index (κ2) is 4.67. The van der Waals surface area contributed by atoms with E-state index >= 15 is 0 Å². The molecule has 0 amide bonds. The number of aryl methyl sites for hydroxylation is 1. The molecule has 0 atom stereocenters. The topological polar surface area (TPSA) is 42.2 Å². The van der Waals surface area contributed by atoms with E-state index in [1.165, 1.54) is 6.92 Å². The van der Waals surface area contributed by atoms with Crippen LogP contribution >= 0.6 is 23.2 Å². The minimum atomic E-state index is -0.968. The lowest BCUT2D eigenvalue weighted by molar-refractivity contribution is -0.132.